The molecule has 26 heavy (non-hydrogen) atoms. The summed E-state index contributed by atoms with van der Waals surface area (Å²) in [6.07, 6.45) is 5.77. The molecule has 0 amide bonds. The third-order valence-electron chi connectivity index (χ3n) is 4.62. The van der Waals surface area contributed by atoms with E-state index >= 15 is 0 Å². The molecule has 3 rings (SSSR count). The van der Waals surface area contributed by atoms with Gasteiger partial charge >= 0.3 is 0 Å². The first kappa shape index (κ1) is 18.6. The summed E-state index contributed by atoms with van der Waals surface area (Å²) in [6, 6.07) is 7.01. The standard InChI is InChI=1S/C20H25FN2O3/c1-24-19-9-16(18(21)10-20(19)25-2)12-23-8-4-6-17(13-23)26-14-15-5-3-7-22-11-15/h3,5,7,9-11,17H,4,6,8,12-14H2,1-2H3. The highest BCUT2D eigenvalue weighted by atomic mass is 19.1. The summed E-state index contributed by atoms with van der Waals surface area (Å²) >= 11 is 0. The normalized spacial score (nSPS) is 17.9. The fourth-order valence-corrected chi connectivity index (χ4v) is 3.25. The molecule has 1 aromatic carbocycles. The van der Waals surface area contributed by atoms with E-state index < -0.39 is 0 Å². The highest BCUT2D eigenvalue weighted by Gasteiger charge is 2.22. The van der Waals surface area contributed by atoms with Crippen LogP contribution in [0.3, 0.4) is 0 Å². The van der Waals surface area contributed by atoms with Gasteiger partial charge in [-0.3, -0.25) is 9.88 Å². The molecule has 1 unspecified atom stereocenters. The number of rotatable bonds is 7. The summed E-state index contributed by atoms with van der Waals surface area (Å²) < 4.78 is 30.8. The van der Waals surface area contributed by atoms with E-state index in [0.29, 0.717) is 30.2 Å². The third kappa shape index (κ3) is 4.71. The molecule has 1 saturated heterocycles. The Labute approximate surface area is 153 Å². The summed E-state index contributed by atoms with van der Waals surface area (Å²) in [7, 11) is 3.06. The second kappa shape index (κ2) is 8.96. The van der Waals surface area contributed by atoms with E-state index in [0.717, 1.165) is 31.5 Å². The highest BCUT2D eigenvalue weighted by Crippen LogP contribution is 2.31. The number of aromatic nitrogens is 1. The lowest BCUT2D eigenvalue weighted by atomic mass is 10.1. The van der Waals surface area contributed by atoms with Crippen LogP contribution in [0.25, 0.3) is 0 Å². The second-order valence-corrected chi connectivity index (χ2v) is 6.47. The van der Waals surface area contributed by atoms with Crippen LogP contribution in [0, 0.1) is 5.82 Å². The minimum atomic E-state index is -0.277. The fourth-order valence-electron chi connectivity index (χ4n) is 3.25. The average Bonchev–Trinajstić information content (AvgIpc) is 2.68. The van der Waals surface area contributed by atoms with Crippen LogP contribution in [-0.2, 0) is 17.9 Å². The minimum Gasteiger partial charge on any atom is -0.493 e. The lowest BCUT2D eigenvalue weighted by molar-refractivity contribution is -0.0123. The van der Waals surface area contributed by atoms with Gasteiger partial charge in [0.05, 0.1) is 26.9 Å². The molecule has 1 aliphatic rings. The molecule has 1 aliphatic heterocycles. The molecule has 0 aliphatic carbocycles. The van der Waals surface area contributed by atoms with Crippen LogP contribution in [0.4, 0.5) is 4.39 Å². The van der Waals surface area contributed by atoms with Gasteiger partial charge in [-0.25, -0.2) is 4.39 Å². The van der Waals surface area contributed by atoms with Gasteiger partial charge in [0.2, 0.25) is 0 Å². The van der Waals surface area contributed by atoms with Crippen molar-refractivity contribution in [3.05, 3.63) is 53.6 Å². The molecule has 1 aromatic heterocycles. The zero-order chi connectivity index (χ0) is 18.4. The van der Waals surface area contributed by atoms with Crippen molar-refractivity contribution in [3.8, 4) is 11.5 Å². The molecule has 140 valence electrons. The highest BCUT2D eigenvalue weighted by molar-refractivity contribution is 5.43. The van der Waals surface area contributed by atoms with Crippen molar-refractivity contribution >= 4 is 0 Å². The van der Waals surface area contributed by atoms with Crippen molar-refractivity contribution < 1.29 is 18.6 Å². The van der Waals surface area contributed by atoms with Crippen LogP contribution in [0.15, 0.2) is 36.7 Å². The number of hydrogen-bond acceptors (Lipinski definition) is 5. The smallest absolute Gasteiger partial charge is 0.163 e. The molecule has 2 aromatic rings. The summed E-state index contributed by atoms with van der Waals surface area (Å²) in [5.74, 6) is 0.677. The van der Waals surface area contributed by atoms with Gasteiger partial charge in [-0.15, -0.1) is 0 Å². The molecule has 6 heteroatoms. The van der Waals surface area contributed by atoms with Gasteiger partial charge in [0.25, 0.3) is 0 Å². The lowest BCUT2D eigenvalue weighted by Crippen LogP contribution is -2.39. The predicted molar refractivity (Wildman–Crippen MR) is 96.8 cm³/mol. The van der Waals surface area contributed by atoms with E-state index in [1.165, 1.54) is 13.2 Å². The quantitative estimate of drug-likeness (QED) is 0.757. The van der Waals surface area contributed by atoms with Crippen molar-refractivity contribution in [3.63, 3.8) is 0 Å². The zero-order valence-electron chi connectivity index (χ0n) is 15.3. The van der Waals surface area contributed by atoms with E-state index in [-0.39, 0.29) is 11.9 Å². The van der Waals surface area contributed by atoms with Crippen LogP contribution in [0.2, 0.25) is 0 Å². The summed E-state index contributed by atoms with van der Waals surface area (Å²) in [6.45, 7) is 2.80. The Kier molecular flexibility index (Phi) is 6.41. The fraction of sp³-hybridized carbons (Fsp3) is 0.450. The van der Waals surface area contributed by atoms with Gasteiger partial charge in [-0.1, -0.05) is 6.07 Å². The Hall–Kier alpha value is -2.18. The molecule has 0 N–H and O–H groups in total. The van der Waals surface area contributed by atoms with E-state index in [2.05, 4.69) is 9.88 Å². The van der Waals surface area contributed by atoms with Crippen LogP contribution in [0.5, 0.6) is 11.5 Å². The van der Waals surface area contributed by atoms with Crippen molar-refractivity contribution in [1.29, 1.82) is 0 Å². The molecule has 0 spiro atoms. The molecule has 2 heterocycles. The first-order chi connectivity index (χ1) is 12.7. The Morgan fingerprint density at radius 3 is 2.77 bits per heavy atom. The van der Waals surface area contributed by atoms with Crippen LogP contribution >= 0.6 is 0 Å². The number of hydrogen-bond donors (Lipinski definition) is 0. The van der Waals surface area contributed by atoms with E-state index in [9.17, 15) is 4.39 Å². The van der Waals surface area contributed by atoms with Gasteiger partial charge in [0.1, 0.15) is 5.82 Å². The molecule has 0 bridgehead atoms. The van der Waals surface area contributed by atoms with Crippen molar-refractivity contribution in [2.75, 3.05) is 27.3 Å². The lowest BCUT2D eigenvalue weighted by Gasteiger charge is -2.32. The SMILES string of the molecule is COc1cc(F)c(CN2CCCC(OCc3cccnc3)C2)cc1OC. The van der Waals surface area contributed by atoms with E-state index in [1.807, 2.05) is 18.3 Å². The number of piperidine rings is 1. The summed E-state index contributed by atoms with van der Waals surface area (Å²) in [5, 5.41) is 0. The monoisotopic (exact) mass is 360 g/mol. The van der Waals surface area contributed by atoms with Crippen molar-refractivity contribution in [1.82, 2.24) is 9.88 Å². The van der Waals surface area contributed by atoms with E-state index in [1.54, 1.807) is 19.4 Å². The predicted octanol–water partition coefficient (Wildman–Crippen LogP) is 3.42. The van der Waals surface area contributed by atoms with Gasteiger partial charge in [0.15, 0.2) is 11.5 Å². The number of halogens is 1. The van der Waals surface area contributed by atoms with Crippen molar-refractivity contribution in [2.45, 2.75) is 32.1 Å². The minimum absolute atomic E-state index is 0.146. The molecular formula is C20H25FN2O3. The Balaban J connectivity index is 1.59. The first-order valence-electron chi connectivity index (χ1n) is 8.83. The number of benzene rings is 1. The Morgan fingerprint density at radius 2 is 2.04 bits per heavy atom. The van der Waals surface area contributed by atoms with Gasteiger partial charge < -0.3 is 14.2 Å². The topological polar surface area (TPSA) is 43.8 Å². The molecule has 5 nitrogen and oxygen atoms in total. The maximum atomic E-state index is 14.4. The van der Waals surface area contributed by atoms with Crippen LogP contribution in [-0.4, -0.2) is 43.3 Å². The molecule has 0 saturated carbocycles. The number of pyridine rings is 1. The summed E-state index contributed by atoms with van der Waals surface area (Å²) in [4.78, 5) is 6.33. The van der Waals surface area contributed by atoms with Crippen LogP contribution in [0.1, 0.15) is 24.0 Å². The van der Waals surface area contributed by atoms with Gasteiger partial charge in [0, 0.05) is 37.1 Å². The zero-order valence-corrected chi connectivity index (χ0v) is 15.3. The van der Waals surface area contributed by atoms with Crippen molar-refractivity contribution in [2.24, 2.45) is 0 Å². The summed E-state index contributed by atoms with van der Waals surface area (Å²) in [5.41, 5.74) is 1.67. The molecule has 1 atom stereocenters. The number of ether oxygens (including phenoxy) is 3. The Bertz CT molecular complexity index is 712. The maximum Gasteiger partial charge on any atom is 0.163 e. The first-order valence-corrected chi connectivity index (χ1v) is 8.83. The van der Waals surface area contributed by atoms with Gasteiger partial charge in [-0.2, -0.15) is 0 Å². The average molecular weight is 360 g/mol. The van der Waals surface area contributed by atoms with E-state index in [4.69, 9.17) is 14.2 Å². The number of likely N-dealkylation sites (tertiary alicyclic amines) is 1. The second-order valence-electron chi connectivity index (χ2n) is 6.47. The van der Waals surface area contributed by atoms with Crippen LogP contribution < -0.4 is 9.47 Å². The van der Waals surface area contributed by atoms with Gasteiger partial charge in [-0.05, 0) is 37.1 Å². The number of methoxy groups -OCH3 is 2. The third-order valence-corrected chi connectivity index (χ3v) is 4.62. The Morgan fingerprint density at radius 1 is 1.23 bits per heavy atom. The molecular weight excluding hydrogens is 335 g/mol. The largest absolute Gasteiger partial charge is 0.493 e. The maximum absolute atomic E-state index is 14.4. The number of nitrogens with zero attached hydrogens (tertiary/aromatic N) is 2. The molecule has 0 radical (unpaired) electrons. The molecule has 1 fully saturated rings.